The molecular formula is C18H28N2S. The third-order valence-corrected chi connectivity index (χ3v) is 6.22. The number of thioether (sulfide) groups is 1. The molecule has 2 atom stereocenters. The van der Waals surface area contributed by atoms with Gasteiger partial charge in [0.1, 0.15) is 0 Å². The molecule has 2 saturated heterocycles. The molecule has 2 aliphatic heterocycles. The average Bonchev–Trinajstić information content (AvgIpc) is 2.53. The van der Waals surface area contributed by atoms with Crippen LogP contribution in [0.2, 0.25) is 0 Å². The van der Waals surface area contributed by atoms with Crippen molar-refractivity contribution in [3.05, 3.63) is 35.9 Å². The lowest BCUT2D eigenvalue weighted by Crippen LogP contribution is -2.61. The summed E-state index contributed by atoms with van der Waals surface area (Å²) in [7, 11) is 0. The van der Waals surface area contributed by atoms with E-state index in [9.17, 15) is 0 Å². The molecule has 0 spiro atoms. The normalized spacial score (nSPS) is 32.2. The van der Waals surface area contributed by atoms with E-state index in [1.807, 2.05) is 0 Å². The number of benzene rings is 1. The van der Waals surface area contributed by atoms with Gasteiger partial charge in [-0.05, 0) is 49.7 Å². The number of piperazine rings is 1. The second kappa shape index (κ2) is 6.72. The smallest absolute Gasteiger partial charge is 0.0535 e. The first kappa shape index (κ1) is 15.4. The summed E-state index contributed by atoms with van der Waals surface area (Å²) in [5, 5.41) is 3.78. The Morgan fingerprint density at radius 1 is 1.24 bits per heavy atom. The molecule has 1 N–H and O–H groups in total. The van der Waals surface area contributed by atoms with Crippen LogP contribution in [0.25, 0.3) is 0 Å². The van der Waals surface area contributed by atoms with Gasteiger partial charge in [-0.2, -0.15) is 11.8 Å². The monoisotopic (exact) mass is 304 g/mol. The van der Waals surface area contributed by atoms with Crippen LogP contribution in [0, 0.1) is 5.92 Å². The van der Waals surface area contributed by atoms with Crippen LogP contribution in [-0.4, -0.2) is 42.1 Å². The van der Waals surface area contributed by atoms with Crippen molar-refractivity contribution in [2.45, 2.75) is 38.3 Å². The molecule has 0 saturated carbocycles. The fourth-order valence-electron chi connectivity index (χ4n) is 3.62. The first-order valence-electron chi connectivity index (χ1n) is 8.30. The van der Waals surface area contributed by atoms with Gasteiger partial charge in [-0.3, -0.25) is 4.90 Å². The van der Waals surface area contributed by atoms with Crippen LogP contribution in [0.15, 0.2) is 30.3 Å². The highest BCUT2D eigenvalue weighted by molar-refractivity contribution is 7.99. The second-order valence-electron chi connectivity index (χ2n) is 6.91. The van der Waals surface area contributed by atoms with Crippen LogP contribution in [0.3, 0.4) is 0 Å². The van der Waals surface area contributed by atoms with Crippen molar-refractivity contribution in [1.29, 1.82) is 0 Å². The zero-order valence-electron chi connectivity index (χ0n) is 13.3. The second-order valence-corrected chi connectivity index (χ2v) is 8.14. The molecule has 2 fully saturated rings. The zero-order valence-corrected chi connectivity index (χ0v) is 14.2. The van der Waals surface area contributed by atoms with E-state index >= 15 is 0 Å². The Labute approximate surface area is 133 Å². The number of nitrogens with zero attached hydrogens (tertiary/aromatic N) is 1. The van der Waals surface area contributed by atoms with E-state index in [1.54, 1.807) is 0 Å². The average molecular weight is 305 g/mol. The van der Waals surface area contributed by atoms with E-state index in [-0.39, 0.29) is 5.54 Å². The van der Waals surface area contributed by atoms with E-state index in [4.69, 9.17) is 0 Å². The van der Waals surface area contributed by atoms with Gasteiger partial charge in [0.15, 0.2) is 0 Å². The highest BCUT2D eigenvalue weighted by Gasteiger charge is 2.36. The SMILES string of the molecule is CC1CNC(C)(c2ccccc2)CN1CC1CCSCC1. The molecule has 0 bridgehead atoms. The minimum Gasteiger partial charge on any atom is -0.305 e. The molecule has 3 rings (SSSR count). The molecule has 1 aromatic rings. The van der Waals surface area contributed by atoms with E-state index in [0.29, 0.717) is 6.04 Å². The first-order chi connectivity index (χ1) is 10.2. The lowest BCUT2D eigenvalue weighted by molar-refractivity contribution is 0.0772. The number of hydrogen-bond donors (Lipinski definition) is 1. The molecule has 21 heavy (non-hydrogen) atoms. The van der Waals surface area contributed by atoms with Crippen LogP contribution in [-0.2, 0) is 5.54 Å². The summed E-state index contributed by atoms with van der Waals surface area (Å²) in [5.41, 5.74) is 1.51. The van der Waals surface area contributed by atoms with Crippen molar-refractivity contribution in [2.75, 3.05) is 31.1 Å². The fourth-order valence-corrected chi connectivity index (χ4v) is 4.83. The highest BCUT2D eigenvalue weighted by atomic mass is 32.2. The maximum Gasteiger partial charge on any atom is 0.0535 e. The van der Waals surface area contributed by atoms with Gasteiger partial charge in [0.05, 0.1) is 5.54 Å². The summed E-state index contributed by atoms with van der Waals surface area (Å²) in [4.78, 5) is 2.73. The Morgan fingerprint density at radius 3 is 2.67 bits per heavy atom. The molecule has 3 heteroatoms. The fraction of sp³-hybridized carbons (Fsp3) is 0.667. The zero-order chi connectivity index (χ0) is 14.7. The summed E-state index contributed by atoms with van der Waals surface area (Å²) in [6, 6.07) is 11.6. The lowest BCUT2D eigenvalue weighted by Gasteiger charge is -2.47. The molecule has 2 unspecified atom stereocenters. The number of nitrogens with one attached hydrogen (secondary N) is 1. The van der Waals surface area contributed by atoms with Gasteiger partial charge in [0.2, 0.25) is 0 Å². The maximum absolute atomic E-state index is 3.78. The van der Waals surface area contributed by atoms with Gasteiger partial charge in [0, 0.05) is 25.7 Å². The van der Waals surface area contributed by atoms with Crippen molar-refractivity contribution in [3.8, 4) is 0 Å². The lowest BCUT2D eigenvalue weighted by atomic mass is 9.87. The quantitative estimate of drug-likeness (QED) is 0.922. The summed E-state index contributed by atoms with van der Waals surface area (Å²) < 4.78 is 0. The van der Waals surface area contributed by atoms with Crippen LogP contribution >= 0.6 is 11.8 Å². The largest absolute Gasteiger partial charge is 0.305 e. The third kappa shape index (κ3) is 3.64. The third-order valence-electron chi connectivity index (χ3n) is 5.17. The van der Waals surface area contributed by atoms with Crippen LogP contribution in [0.4, 0.5) is 0 Å². The predicted octanol–water partition coefficient (Wildman–Crippen LogP) is 3.34. The van der Waals surface area contributed by atoms with E-state index in [0.717, 1.165) is 19.0 Å². The van der Waals surface area contributed by atoms with Gasteiger partial charge in [-0.15, -0.1) is 0 Å². The van der Waals surface area contributed by atoms with E-state index in [1.165, 1.54) is 36.5 Å². The Hall–Kier alpha value is -0.510. The first-order valence-corrected chi connectivity index (χ1v) is 9.45. The van der Waals surface area contributed by atoms with Crippen LogP contribution < -0.4 is 5.32 Å². The molecule has 0 radical (unpaired) electrons. The van der Waals surface area contributed by atoms with Crippen molar-refractivity contribution in [3.63, 3.8) is 0 Å². The van der Waals surface area contributed by atoms with Crippen molar-refractivity contribution in [2.24, 2.45) is 5.92 Å². The molecule has 0 aliphatic carbocycles. The molecule has 2 nitrogen and oxygen atoms in total. The molecule has 0 amide bonds. The Balaban J connectivity index is 1.69. The van der Waals surface area contributed by atoms with Crippen LogP contribution in [0.5, 0.6) is 0 Å². The van der Waals surface area contributed by atoms with Gasteiger partial charge in [-0.1, -0.05) is 30.3 Å². The molecule has 0 aromatic heterocycles. The molecule has 2 aliphatic rings. The van der Waals surface area contributed by atoms with Crippen LogP contribution in [0.1, 0.15) is 32.3 Å². The summed E-state index contributed by atoms with van der Waals surface area (Å²) >= 11 is 2.13. The minimum absolute atomic E-state index is 0.0944. The Bertz CT molecular complexity index is 444. The van der Waals surface area contributed by atoms with Crippen molar-refractivity contribution in [1.82, 2.24) is 10.2 Å². The standard InChI is InChI=1S/C18H28N2S/c1-15-12-19-18(2,17-6-4-3-5-7-17)14-20(15)13-16-8-10-21-11-9-16/h3-7,15-16,19H,8-14H2,1-2H3. The summed E-state index contributed by atoms with van der Waals surface area (Å²) in [5.74, 6) is 3.63. The molecule has 116 valence electrons. The van der Waals surface area contributed by atoms with Crippen molar-refractivity contribution >= 4 is 11.8 Å². The Kier molecular flexibility index (Phi) is 4.92. The summed E-state index contributed by atoms with van der Waals surface area (Å²) in [6.07, 6.45) is 2.81. The van der Waals surface area contributed by atoms with Gasteiger partial charge in [0.25, 0.3) is 0 Å². The molecule has 2 heterocycles. The highest BCUT2D eigenvalue weighted by Crippen LogP contribution is 2.29. The van der Waals surface area contributed by atoms with Gasteiger partial charge >= 0.3 is 0 Å². The number of rotatable bonds is 3. The molecule has 1 aromatic carbocycles. The van der Waals surface area contributed by atoms with E-state index in [2.05, 4.69) is 66.2 Å². The summed E-state index contributed by atoms with van der Waals surface area (Å²) in [6.45, 7) is 8.23. The number of hydrogen-bond acceptors (Lipinski definition) is 3. The van der Waals surface area contributed by atoms with Gasteiger partial charge < -0.3 is 5.32 Å². The van der Waals surface area contributed by atoms with Crippen molar-refractivity contribution < 1.29 is 0 Å². The predicted molar refractivity (Wildman–Crippen MR) is 92.9 cm³/mol. The Morgan fingerprint density at radius 2 is 1.95 bits per heavy atom. The van der Waals surface area contributed by atoms with Gasteiger partial charge in [-0.25, -0.2) is 0 Å². The molecular weight excluding hydrogens is 276 g/mol. The maximum atomic E-state index is 3.78. The van der Waals surface area contributed by atoms with E-state index < -0.39 is 0 Å². The minimum atomic E-state index is 0.0944. The topological polar surface area (TPSA) is 15.3 Å².